The Morgan fingerprint density at radius 3 is 1.49 bits per heavy atom. The van der Waals surface area contributed by atoms with Crippen LogP contribution in [0.4, 0.5) is 0 Å². The summed E-state index contributed by atoms with van der Waals surface area (Å²) in [4.78, 5) is 20.0. The minimum absolute atomic E-state index is 0.0620. The van der Waals surface area contributed by atoms with Crippen LogP contribution in [0.2, 0.25) is 0 Å². The van der Waals surface area contributed by atoms with Crippen LogP contribution in [0, 0.1) is 0 Å². The fourth-order valence-electron chi connectivity index (χ4n) is 7.18. The predicted molar refractivity (Wildman–Crippen MR) is 213 cm³/mol. The number of aromatic nitrogens is 4. The average molecular weight is 671 g/mol. The van der Waals surface area contributed by atoms with E-state index in [0.29, 0.717) is 17.5 Å². The minimum atomic E-state index is -0.0727. The molecule has 2 heterocycles. The smallest absolute Gasteiger partial charge is 0.165 e. The number of hydrogen-bond acceptors (Lipinski definition) is 4. The van der Waals surface area contributed by atoms with Crippen molar-refractivity contribution in [1.29, 1.82) is 0 Å². The second-order valence-corrected chi connectivity index (χ2v) is 16.8. The number of unbranched alkanes of at least 4 members (excludes halogenated alkanes) is 1. The molecule has 4 aromatic carbocycles. The van der Waals surface area contributed by atoms with Gasteiger partial charge in [0.15, 0.2) is 17.5 Å². The van der Waals surface area contributed by atoms with Crippen LogP contribution in [0.5, 0.6) is 0 Å². The zero-order chi connectivity index (χ0) is 36.1. The molecule has 7 rings (SSSR count). The molecule has 0 saturated carbocycles. The standard InChI is InChI=1S/C47H50N4/c1-10-11-12-30-13-24-37-38-25-18-33(28-40(38)47(8,9)39(37)27-30)41-26-19-34(29-48-41)44-50-42(31-14-20-35(21-15-31)45(2,3)4)49-43(51-44)32-16-22-36(23-17-32)46(5,6)7/h13-29H,10-12H2,1-9H3. The van der Waals surface area contributed by atoms with Crippen molar-refractivity contribution in [2.24, 2.45) is 0 Å². The molecule has 4 nitrogen and oxygen atoms in total. The maximum absolute atomic E-state index is 5.00. The third-order valence-corrected chi connectivity index (χ3v) is 10.5. The zero-order valence-corrected chi connectivity index (χ0v) is 31.7. The maximum atomic E-state index is 5.00. The third kappa shape index (κ3) is 6.77. The lowest BCUT2D eigenvalue weighted by Crippen LogP contribution is -2.15. The molecule has 1 aliphatic rings. The first kappa shape index (κ1) is 34.5. The van der Waals surface area contributed by atoms with E-state index in [1.807, 2.05) is 6.20 Å². The van der Waals surface area contributed by atoms with Crippen molar-refractivity contribution in [1.82, 2.24) is 19.9 Å². The molecule has 51 heavy (non-hydrogen) atoms. The molecule has 4 heteroatoms. The summed E-state index contributed by atoms with van der Waals surface area (Å²) < 4.78 is 0. The van der Waals surface area contributed by atoms with Crippen molar-refractivity contribution in [3.8, 4) is 56.5 Å². The van der Waals surface area contributed by atoms with Crippen LogP contribution in [0.3, 0.4) is 0 Å². The summed E-state index contributed by atoms with van der Waals surface area (Å²) in [5.74, 6) is 1.91. The number of hydrogen-bond donors (Lipinski definition) is 0. The summed E-state index contributed by atoms with van der Waals surface area (Å²) in [6.45, 7) is 20.3. The molecular formula is C47H50N4. The van der Waals surface area contributed by atoms with Gasteiger partial charge in [-0.2, -0.15) is 0 Å². The largest absolute Gasteiger partial charge is 0.255 e. The molecule has 6 aromatic rings. The number of aryl methyl sites for hydroxylation is 1. The molecule has 1 aliphatic carbocycles. The molecule has 0 radical (unpaired) electrons. The molecule has 2 aromatic heterocycles. The van der Waals surface area contributed by atoms with E-state index in [1.54, 1.807) is 0 Å². The van der Waals surface area contributed by atoms with Crippen LogP contribution in [0.25, 0.3) is 56.5 Å². The average Bonchev–Trinajstić information content (AvgIpc) is 3.35. The number of fused-ring (bicyclic) bond motifs is 3. The van der Waals surface area contributed by atoms with Crippen LogP contribution in [0.15, 0.2) is 103 Å². The minimum Gasteiger partial charge on any atom is -0.255 e. The van der Waals surface area contributed by atoms with E-state index in [9.17, 15) is 0 Å². The van der Waals surface area contributed by atoms with Crippen molar-refractivity contribution in [2.75, 3.05) is 0 Å². The number of nitrogens with zero attached hydrogens (tertiary/aromatic N) is 4. The topological polar surface area (TPSA) is 51.6 Å². The summed E-state index contributed by atoms with van der Waals surface area (Å²) >= 11 is 0. The van der Waals surface area contributed by atoms with Gasteiger partial charge in [-0.05, 0) is 80.8 Å². The molecule has 0 fully saturated rings. The van der Waals surface area contributed by atoms with Gasteiger partial charge in [0.2, 0.25) is 0 Å². The predicted octanol–water partition coefficient (Wildman–Crippen LogP) is 12.2. The van der Waals surface area contributed by atoms with Gasteiger partial charge in [-0.3, -0.25) is 4.98 Å². The molecular weight excluding hydrogens is 621 g/mol. The van der Waals surface area contributed by atoms with Gasteiger partial charge in [0.05, 0.1) is 5.69 Å². The summed E-state index contributed by atoms with van der Waals surface area (Å²) in [7, 11) is 0. The van der Waals surface area contributed by atoms with Crippen molar-refractivity contribution < 1.29 is 0 Å². The van der Waals surface area contributed by atoms with E-state index in [1.165, 1.54) is 51.8 Å². The van der Waals surface area contributed by atoms with Gasteiger partial charge in [0, 0.05) is 33.9 Å². The highest BCUT2D eigenvalue weighted by molar-refractivity contribution is 5.83. The van der Waals surface area contributed by atoms with Gasteiger partial charge >= 0.3 is 0 Å². The first-order valence-electron chi connectivity index (χ1n) is 18.5. The Morgan fingerprint density at radius 1 is 0.529 bits per heavy atom. The summed E-state index contributed by atoms with van der Waals surface area (Å²) in [6, 6.07) is 35.3. The zero-order valence-electron chi connectivity index (χ0n) is 31.7. The molecule has 0 amide bonds. The van der Waals surface area contributed by atoms with Crippen LogP contribution in [-0.2, 0) is 22.7 Å². The monoisotopic (exact) mass is 670 g/mol. The SMILES string of the molecule is CCCCc1ccc2c(c1)C(C)(C)c1cc(-c3ccc(-c4nc(-c5ccc(C(C)(C)C)cc5)nc(-c5ccc(C(C)(C)C)cc5)n4)cn3)ccc1-2. The molecule has 0 aliphatic heterocycles. The van der Waals surface area contributed by atoms with E-state index in [0.717, 1.165) is 34.4 Å². The Balaban J connectivity index is 1.24. The molecule has 0 bridgehead atoms. The van der Waals surface area contributed by atoms with Crippen molar-refractivity contribution in [3.05, 3.63) is 131 Å². The molecule has 0 atom stereocenters. The number of pyridine rings is 1. The normalized spacial score (nSPS) is 13.6. The first-order chi connectivity index (χ1) is 24.2. The van der Waals surface area contributed by atoms with Crippen LogP contribution in [0.1, 0.15) is 103 Å². The second-order valence-electron chi connectivity index (χ2n) is 16.8. The van der Waals surface area contributed by atoms with Gasteiger partial charge in [-0.1, -0.05) is 148 Å². The van der Waals surface area contributed by atoms with Gasteiger partial charge in [0.1, 0.15) is 0 Å². The fourth-order valence-corrected chi connectivity index (χ4v) is 7.18. The van der Waals surface area contributed by atoms with E-state index in [4.69, 9.17) is 19.9 Å². The van der Waals surface area contributed by atoms with Crippen LogP contribution in [-0.4, -0.2) is 19.9 Å². The van der Waals surface area contributed by atoms with Crippen LogP contribution < -0.4 is 0 Å². The maximum Gasteiger partial charge on any atom is 0.165 e. The number of rotatable bonds is 7. The Kier molecular flexibility index (Phi) is 8.78. The van der Waals surface area contributed by atoms with Crippen molar-refractivity contribution in [2.45, 2.75) is 97.8 Å². The van der Waals surface area contributed by atoms with Gasteiger partial charge < -0.3 is 0 Å². The number of benzene rings is 4. The Bertz CT molecular complexity index is 2120. The fraction of sp³-hybridized carbons (Fsp3) is 0.319. The highest BCUT2D eigenvalue weighted by atomic mass is 15.0. The van der Waals surface area contributed by atoms with Gasteiger partial charge in [0.25, 0.3) is 0 Å². The highest BCUT2D eigenvalue weighted by Crippen LogP contribution is 2.50. The van der Waals surface area contributed by atoms with Gasteiger partial charge in [-0.25, -0.2) is 15.0 Å². The second kappa shape index (κ2) is 13.0. The summed E-state index contributed by atoms with van der Waals surface area (Å²) in [5.41, 5.74) is 14.3. The van der Waals surface area contributed by atoms with E-state index in [-0.39, 0.29) is 16.2 Å². The van der Waals surface area contributed by atoms with E-state index >= 15 is 0 Å². The Morgan fingerprint density at radius 2 is 1.00 bits per heavy atom. The van der Waals surface area contributed by atoms with Gasteiger partial charge in [-0.15, -0.1) is 0 Å². The molecule has 0 saturated heterocycles. The van der Waals surface area contributed by atoms with E-state index in [2.05, 4.69) is 159 Å². The molecule has 0 N–H and O–H groups in total. The first-order valence-corrected chi connectivity index (χ1v) is 18.5. The lowest BCUT2D eigenvalue weighted by molar-refractivity contribution is 0.590. The lowest BCUT2D eigenvalue weighted by Gasteiger charge is -2.22. The summed E-state index contributed by atoms with van der Waals surface area (Å²) in [6.07, 6.45) is 5.47. The van der Waals surface area contributed by atoms with E-state index < -0.39 is 0 Å². The Labute approximate surface area is 304 Å². The molecule has 0 unspecified atom stereocenters. The third-order valence-electron chi connectivity index (χ3n) is 10.5. The van der Waals surface area contributed by atoms with Crippen LogP contribution >= 0.6 is 0 Å². The van der Waals surface area contributed by atoms with Crippen molar-refractivity contribution >= 4 is 0 Å². The Hall–Kier alpha value is -4.96. The summed E-state index contributed by atoms with van der Waals surface area (Å²) in [5, 5.41) is 0. The highest BCUT2D eigenvalue weighted by Gasteiger charge is 2.35. The quantitative estimate of drug-likeness (QED) is 0.170. The molecule has 0 spiro atoms. The van der Waals surface area contributed by atoms with Crippen molar-refractivity contribution in [3.63, 3.8) is 0 Å². The lowest BCUT2D eigenvalue weighted by atomic mass is 9.81. The molecule has 258 valence electrons.